The molecule has 0 atom stereocenters. The van der Waals surface area contributed by atoms with Gasteiger partial charge in [0.25, 0.3) is 0 Å². The number of benzene rings is 1. The maximum atomic E-state index is 7.05. The molecular formula is C33H62OP+. The van der Waals surface area contributed by atoms with Gasteiger partial charge in [-0.3, -0.25) is 0 Å². The van der Waals surface area contributed by atoms with E-state index in [0.29, 0.717) is 0 Å². The zero-order valence-electron chi connectivity index (χ0n) is 24.2. The van der Waals surface area contributed by atoms with Crippen LogP contribution in [-0.2, 0) is 0 Å². The molecule has 1 rings (SSSR count). The minimum Gasteiger partial charge on any atom is -0.351 e. The molecule has 0 fully saturated rings. The van der Waals surface area contributed by atoms with Crippen LogP contribution >= 0.6 is 7.49 Å². The molecular weight excluding hydrogens is 443 g/mol. The Kier molecular flexibility index (Phi) is 22.1. The van der Waals surface area contributed by atoms with Gasteiger partial charge in [-0.25, -0.2) is 0 Å². The Morgan fingerprint density at radius 3 is 1.09 bits per heavy atom. The first-order valence-corrected chi connectivity index (χ1v) is 18.1. The average molecular weight is 506 g/mol. The lowest BCUT2D eigenvalue weighted by atomic mass is 10.1. The van der Waals surface area contributed by atoms with Gasteiger partial charge in [-0.05, 0) is 50.7 Å². The molecule has 0 saturated carbocycles. The highest BCUT2D eigenvalue weighted by atomic mass is 31.2. The Balaban J connectivity index is 2.66. The van der Waals surface area contributed by atoms with Crippen molar-refractivity contribution in [1.82, 2.24) is 0 Å². The lowest BCUT2D eigenvalue weighted by Crippen LogP contribution is -2.15. The molecule has 0 aromatic heterocycles. The second-order valence-corrected chi connectivity index (χ2v) is 14.6. The maximum Gasteiger partial charge on any atom is 0.190 e. The van der Waals surface area contributed by atoms with Gasteiger partial charge in [-0.2, -0.15) is 0 Å². The Labute approximate surface area is 222 Å². The first kappa shape index (κ1) is 32.5. The van der Waals surface area contributed by atoms with Crippen LogP contribution < -0.4 is 4.52 Å². The molecule has 1 aromatic carbocycles. The fourth-order valence-corrected chi connectivity index (χ4v) is 9.16. The van der Waals surface area contributed by atoms with Crippen molar-refractivity contribution in [3.8, 4) is 5.75 Å². The standard InChI is InChI=1S/C33H62OP/c1-4-7-10-13-16-19-25-30-35(34-33-28-23-22-24-29-33,31-26-20-17-14-11-8-5-2)32-27-21-18-15-12-9-6-3/h22-24,28-29H,4-21,25-27,30-32H2,1-3H3/q+1. The SMILES string of the molecule is CCCCCCCCC[P+](CCCCCCCCC)(CCCCCCCCC)Oc1ccccc1. The first-order chi connectivity index (χ1) is 17.3. The number of unbranched alkanes of at least 4 members (excludes halogenated alkanes) is 18. The third kappa shape index (κ3) is 18.4. The fourth-order valence-electron chi connectivity index (χ4n) is 5.25. The summed E-state index contributed by atoms with van der Waals surface area (Å²) in [6, 6.07) is 10.8. The van der Waals surface area contributed by atoms with Crippen LogP contribution in [0.5, 0.6) is 5.75 Å². The quantitative estimate of drug-likeness (QED) is 0.0898. The summed E-state index contributed by atoms with van der Waals surface area (Å²) in [4.78, 5) is 0. The average Bonchev–Trinajstić information content (AvgIpc) is 2.88. The van der Waals surface area contributed by atoms with E-state index < -0.39 is 7.49 Å². The molecule has 0 heterocycles. The van der Waals surface area contributed by atoms with Crippen molar-refractivity contribution >= 4 is 7.49 Å². The van der Waals surface area contributed by atoms with Crippen LogP contribution in [0.4, 0.5) is 0 Å². The molecule has 35 heavy (non-hydrogen) atoms. The number of hydrogen-bond donors (Lipinski definition) is 0. The van der Waals surface area contributed by atoms with Gasteiger partial charge in [-0.15, -0.1) is 0 Å². The molecule has 0 spiro atoms. The van der Waals surface area contributed by atoms with Crippen LogP contribution in [0, 0.1) is 0 Å². The third-order valence-electron chi connectivity index (χ3n) is 7.55. The Hall–Kier alpha value is -0.550. The maximum absolute atomic E-state index is 7.05. The van der Waals surface area contributed by atoms with E-state index in [1.165, 1.54) is 153 Å². The zero-order valence-corrected chi connectivity index (χ0v) is 25.1. The topological polar surface area (TPSA) is 9.23 Å². The van der Waals surface area contributed by atoms with Crippen molar-refractivity contribution in [2.75, 3.05) is 18.5 Å². The van der Waals surface area contributed by atoms with Crippen LogP contribution in [0.25, 0.3) is 0 Å². The van der Waals surface area contributed by atoms with Gasteiger partial charge in [0, 0.05) is 0 Å². The second-order valence-electron chi connectivity index (χ2n) is 11.0. The lowest BCUT2D eigenvalue weighted by molar-refractivity contribution is 0.553. The van der Waals surface area contributed by atoms with Crippen LogP contribution in [0.3, 0.4) is 0 Å². The first-order valence-electron chi connectivity index (χ1n) is 15.9. The number of para-hydroxylation sites is 1. The van der Waals surface area contributed by atoms with Gasteiger partial charge in [-0.1, -0.05) is 135 Å². The molecule has 1 nitrogen and oxygen atoms in total. The molecule has 0 aliphatic rings. The van der Waals surface area contributed by atoms with Crippen LogP contribution in [0.1, 0.15) is 156 Å². The van der Waals surface area contributed by atoms with E-state index in [-0.39, 0.29) is 0 Å². The molecule has 0 amide bonds. The largest absolute Gasteiger partial charge is 0.351 e. The molecule has 0 aliphatic heterocycles. The van der Waals surface area contributed by atoms with E-state index >= 15 is 0 Å². The Morgan fingerprint density at radius 1 is 0.429 bits per heavy atom. The lowest BCUT2D eigenvalue weighted by Gasteiger charge is -2.27. The van der Waals surface area contributed by atoms with Gasteiger partial charge < -0.3 is 4.52 Å². The minimum absolute atomic E-state index is 1.13. The molecule has 0 saturated heterocycles. The molecule has 0 unspecified atom stereocenters. The van der Waals surface area contributed by atoms with Crippen molar-refractivity contribution in [3.05, 3.63) is 30.3 Å². The number of rotatable bonds is 26. The van der Waals surface area contributed by atoms with Gasteiger partial charge >= 0.3 is 0 Å². The van der Waals surface area contributed by atoms with Crippen molar-refractivity contribution in [1.29, 1.82) is 0 Å². The highest BCUT2D eigenvalue weighted by molar-refractivity contribution is 7.71. The summed E-state index contributed by atoms with van der Waals surface area (Å²) < 4.78 is 7.05. The predicted octanol–water partition coefficient (Wildman–Crippen LogP) is 12.2. The summed E-state index contributed by atoms with van der Waals surface area (Å²) in [7, 11) is -1.40. The molecule has 0 N–H and O–H groups in total. The molecule has 0 radical (unpaired) electrons. The smallest absolute Gasteiger partial charge is 0.190 e. The Bertz CT molecular complexity index is 498. The number of hydrogen-bond acceptors (Lipinski definition) is 1. The summed E-state index contributed by atoms with van der Waals surface area (Å²) in [6.45, 7) is 6.94. The summed E-state index contributed by atoms with van der Waals surface area (Å²) in [6.07, 6.45) is 33.4. The van der Waals surface area contributed by atoms with Crippen LogP contribution in [0.15, 0.2) is 30.3 Å². The summed E-state index contributed by atoms with van der Waals surface area (Å²) >= 11 is 0. The molecule has 0 aliphatic carbocycles. The van der Waals surface area contributed by atoms with Crippen LogP contribution in [0.2, 0.25) is 0 Å². The predicted molar refractivity (Wildman–Crippen MR) is 163 cm³/mol. The normalized spacial score (nSPS) is 11.7. The fraction of sp³-hybridized carbons (Fsp3) is 0.818. The van der Waals surface area contributed by atoms with Crippen LogP contribution in [-0.4, -0.2) is 18.5 Å². The van der Waals surface area contributed by atoms with E-state index in [4.69, 9.17) is 4.52 Å². The third-order valence-corrected chi connectivity index (χ3v) is 11.5. The van der Waals surface area contributed by atoms with Gasteiger partial charge in [0.1, 0.15) is 0 Å². The van der Waals surface area contributed by atoms with Crippen molar-refractivity contribution < 1.29 is 4.52 Å². The van der Waals surface area contributed by atoms with Gasteiger partial charge in [0.05, 0.1) is 18.5 Å². The molecule has 2 heteroatoms. The van der Waals surface area contributed by atoms with E-state index in [1.807, 2.05) is 0 Å². The summed E-state index contributed by atoms with van der Waals surface area (Å²) in [5, 5.41) is 0. The molecule has 0 bridgehead atoms. The highest BCUT2D eigenvalue weighted by Gasteiger charge is 2.39. The zero-order chi connectivity index (χ0) is 25.3. The second kappa shape index (κ2) is 23.8. The molecule has 1 aromatic rings. The van der Waals surface area contributed by atoms with E-state index in [0.717, 1.165) is 5.75 Å². The van der Waals surface area contributed by atoms with E-state index in [9.17, 15) is 0 Å². The monoisotopic (exact) mass is 505 g/mol. The van der Waals surface area contributed by atoms with Gasteiger partial charge in [0.15, 0.2) is 13.2 Å². The van der Waals surface area contributed by atoms with Crippen molar-refractivity contribution in [3.63, 3.8) is 0 Å². The minimum atomic E-state index is -1.40. The Morgan fingerprint density at radius 2 is 0.743 bits per heavy atom. The van der Waals surface area contributed by atoms with E-state index in [2.05, 4.69) is 51.1 Å². The molecule has 204 valence electrons. The van der Waals surface area contributed by atoms with Gasteiger partial charge in [0.2, 0.25) is 0 Å². The summed E-state index contributed by atoms with van der Waals surface area (Å²) in [5.41, 5.74) is 0. The highest BCUT2D eigenvalue weighted by Crippen LogP contribution is 2.61. The summed E-state index contributed by atoms with van der Waals surface area (Å²) in [5.74, 6) is 1.13. The van der Waals surface area contributed by atoms with E-state index in [1.54, 1.807) is 0 Å². The van der Waals surface area contributed by atoms with Crippen molar-refractivity contribution in [2.24, 2.45) is 0 Å². The van der Waals surface area contributed by atoms with Crippen molar-refractivity contribution in [2.45, 2.75) is 156 Å².